The predicted octanol–water partition coefficient (Wildman–Crippen LogP) is 1.14. The lowest BCUT2D eigenvalue weighted by atomic mass is 10.1. The van der Waals surface area contributed by atoms with Gasteiger partial charge in [0, 0.05) is 24.2 Å². The van der Waals surface area contributed by atoms with Crippen LogP contribution >= 0.6 is 0 Å². The van der Waals surface area contributed by atoms with Crippen molar-refractivity contribution in [1.29, 1.82) is 0 Å². The number of morpholine rings is 1. The number of nitrogens with one attached hydrogen (secondary N) is 2. The first-order chi connectivity index (χ1) is 17.0. The molecule has 0 bridgehead atoms. The van der Waals surface area contributed by atoms with Crippen molar-refractivity contribution in [3.8, 4) is 11.8 Å². The summed E-state index contributed by atoms with van der Waals surface area (Å²) < 4.78 is 15.7. The van der Waals surface area contributed by atoms with E-state index in [-0.39, 0.29) is 0 Å². The van der Waals surface area contributed by atoms with Gasteiger partial charge in [-0.25, -0.2) is 4.79 Å². The van der Waals surface area contributed by atoms with Gasteiger partial charge in [0.2, 0.25) is 0 Å². The zero-order valence-electron chi connectivity index (χ0n) is 20.2. The molecule has 3 rings (SSSR count). The lowest BCUT2D eigenvalue weighted by molar-refractivity contribution is -0.145. The fourth-order valence-electron chi connectivity index (χ4n) is 3.57. The molecule has 2 heterocycles. The number of aliphatic hydroxyl groups excluding tert-OH is 1. The molecule has 1 fully saturated rings. The Morgan fingerprint density at radius 1 is 1.14 bits per heavy atom. The number of aliphatic hydroxyl groups is 1. The van der Waals surface area contributed by atoms with Crippen molar-refractivity contribution in [1.82, 2.24) is 15.5 Å². The molecule has 1 amide bonds. The maximum absolute atomic E-state index is 12.4. The summed E-state index contributed by atoms with van der Waals surface area (Å²) in [5.74, 6) is 6.19. The summed E-state index contributed by atoms with van der Waals surface area (Å²) >= 11 is 0. The van der Waals surface area contributed by atoms with Crippen molar-refractivity contribution in [2.24, 2.45) is 0 Å². The van der Waals surface area contributed by atoms with Crippen LogP contribution in [0.5, 0.6) is 0 Å². The van der Waals surface area contributed by atoms with Gasteiger partial charge in [-0.2, -0.15) is 0 Å². The molecule has 3 N–H and O–H groups in total. The van der Waals surface area contributed by atoms with E-state index in [0.717, 1.165) is 51.6 Å². The standard InChI is InChI=1S/C26H33N3O6/c1-19(30)24(26(32)33-2)28-25(31)21-7-4-20(5-8-21)6-9-22-10-11-23(35-22)18-27-12-3-13-29-14-16-34-17-15-29/h4-5,7-8,10-11,19,24,27,30H,3,12-18H2,1-2H3,(H,28,31)/t19-,24+/m1/s1. The molecule has 188 valence electrons. The molecule has 1 aliphatic heterocycles. The van der Waals surface area contributed by atoms with Gasteiger partial charge in [0.15, 0.2) is 11.8 Å². The summed E-state index contributed by atoms with van der Waals surface area (Å²) in [7, 11) is 1.20. The number of hydrogen-bond donors (Lipinski definition) is 3. The number of furan rings is 1. The first-order valence-electron chi connectivity index (χ1n) is 11.7. The van der Waals surface area contributed by atoms with Crippen LogP contribution in [0.4, 0.5) is 0 Å². The van der Waals surface area contributed by atoms with E-state index in [0.29, 0.717) is 23.4 Å². The Kier molecular flexibility index (Phi) is 10.3. The molecule has 1 aromatic carbocycles. The number of nitrogens with zero attached hydrogens (tertiary/aromatic N) is 1. The second kappa shape index (κ2) is 13.7. The zero-order valence-corrected chi connectivity index (χ0v) is 20.2. The Morgan fingerprint density at radius 3 is 2.57 bits per heavy atom. The molecule has 0 radical (unpaired) electrons. The van der Waals surface area contributed by atoms with E-state index in [1.54, 1.807) is 24.3 Å². The normalized spacial score (nSPS) is 15.5. The predicted molar refractivity (Wildman–Crippen MR) is 130 cm³/mol. The molecule has 1 saturated heterocycles. The first-order valence-corrected chi connectivity index (χ1v) is 11.7. The molecule has 0 aliphatic carbocycles. The average Bonchev–Trinajstić information content (AvgIpc) is 3.33. The van der Waals surface area contributed by atoms with Crippen LogP contribution < -0.4 is 10.6 Å². The highest BCUT2D eigenvalue weighted by atomic mass is 16.5. The lowest BCUT2D eigenvalue weighted by Crippen LogP contribution is -2.48. The number of amides is 1. The average molecular weight is 484 g/mol. The van der Waals surface area contributed by atoms with Gasteiger partial charge in [-0.15, -0.1) is 0 Å². The van der Waals surface area contributed by atoms with Crippen molar-refractivity contribution in [2.75, 3.05) is 46.5 Å². The van der Waals surface area contributed by atoms with Crippen molar-refractivity contribution < 1.29 is 28.6 Å². The number of hydrogen-bond acceptors (Lipinski definition) is 8. The van der Waals surface area contributed by atoms with Crippen molar-refractivity contribution in [3.63, 3.8) is 0 Å². The van der Waals surface area contributed by atoms with E-state index in [4.69, 9.17) is 9.15 Å². The number of methoxy groups -OCH3 is 1. The number of carbonyl (C=O) groups excluding carboxylic acids is 2. The van der Waals surface area contributed by atoms with Crippen LogP contribution in [0, 0.1) is 11.8 Å². The topological polar surface area (TPSA) is 113 Å². The van der Waals surface area contributed by atoms with E-state index in [9.17, 15) is 14.7 Å². The molecule has 35 heavy (non-hydrogen) atoms. The minimum atomic E-state index is -1.14. The number of rotatable bonds is 10. The second-order valence-electron chi connectivity index (χ2n) is 8.29. The van der Waals surface area contributed by atoms with Crippen LogP contribution in [0.25, 0.3) is 0 Å². The summed E-state index contributed by atoms with van der Waals surface area (Å²) in [5.41, 5.74) is 1.05. The van der Waals surface area contributed by atoms with Crippen LogP contribution in [-0.4, -0.2) is 80.5 Å². The maximum Gasteiger partial charge on any atom is 0.331 e. The molecule has 0 saturated carbocycles. The monoisotopic (exact) mass is 483 g/mol. The van der Waals surface area contributed by atoms with Gasteiger partial charge < -0.3 is 29.6 Å². The third-order valence-corrected chi connectivity index (χ3v) is 5.59. The van der Waals surface area contributed by atoms with E-state index in [2.05, 4.69) is 32.1 Å². The van der Waals surface area contributed by atoms with Crippen LogP contribution in [0.15, 0.2) is 40.8 Å². The molecule has 1 aliphatic rings. The van der Waals surface area contributed by atoms with Gasteiger partial charge in [-0.3, -0.25) is 9.69 Å². The van der Waals surface area contributed by atoms with E-state index in [1.165, 1.54) is 14.0 Å². The van der Waals surface area contributed by atoms with E-state index < -0.39 is 24.0 Å². The van der Waals surface area contributed by atoms with E-state index in [1.807, 2.05) is 12.1 Å². The highest BCUT2D eigenvalue weighted by Gasteiger charge is 2.26. The maximum atomic E-state index is 12.4. The van der Waals surface area contributed by atoms with Gasteiger partial charge in [-0.1, -0.05) is 5.92 Å². The fourth-order valence-corrected chi connectivity index (χ4v) is 3.57. The van der Waals surface area contributed by atoms with Crippen molar-refractivity contribution in [3.05, 3.63) is 59.0 Å². The van der Waals surface area contributed by atoms with Crippen molar-refractivity contribution in [2.45, 2.75) is 32.0 Å². The molecule has 2 atom stereocenters. The first kappa shape index (κ1) is 26.4. The molecule has 9 nitrogen and oxygen atoms in total. The third kappa shape index (κ3) is 8.53. The van der Waals surface area contributed by atoms with Crippen LogP contribution in [0.1, 0.15) is 40.8 Å². The number of ether oxygens (including phenoxy) is 2. The Bertz CT molecular complexity index is 1020. The third-order valence-electron chi connectivity index (χ3n) is 5.59. The van der Waals surface area contributed by atoms with Crippen LogP contribution in [-0.2, 0) is 20.8 Å². The van der Waals surface area contributed by atoms with Crippen LogP contribution in [0.3, 0.4) is 0 Å². The minimum Gasteiger partial charge on any atom is -0.467 e. The quantitative estimate of drug-likeness (QED) is 0.262. The van der Waals surface area contributed by atoms with Gasteiger partial charge in [0.25, 0.3) is 5.91 Å². The van der Waals surface area contributed by atoms with Gasteiger partial charge >= 0.3 is 5.97 Å². The van der Waals surface area contributed by atoms with Gasteiger partial charge in [0.1, 0.15) is 5.76 Å². The SMILES string of the molecule is COC(=O)[C@@H](NC(=O)c1ccc(C#Cc2ccc(CNCCCN3CCOCC3)o2)cc1)[C@@H](C)O. The highest BCUT2D eigenvalue weighted by molar-refractivity contribution is 5.97. The second-order valence-corrected chi connectivity index (χ2v) is 8.29. The minimum absolute atomic E-state index is 0.338. The molecule has 1 aromatic heterocycles. The molecule has 2 aromatic rings. The fraction of sp³-hybridized carbons (Fsp3) is 0.462. The number of carbonyl (C=O) groups is 2. The zero-order chi connectivity index (χ0) is 25.0. The summed E-state index contributed by atoms with van der Waals surface area (Å²) in [6, 6.07) is 9.22. The number of benzene rings is 1. The Labute approximate surface area is 205 Å². The van der Waals surface area contributed by atoms with E-state index >= 15 is 0 Å². The molecule has 0 spiro atoms. The largest absolute Gasteiger partial charge is 0.467 e. The Balaban J connectivity index is 1.44. The smallest absolute Gasteiger partial charge is 0.331 e. The highest BCUT2D eigenvalue weighted by Crippen LogP contribution is 2.09. The molecule has 0 unspecified atom stereocenters. The van der Waals surface area contributed by atoms with Gasteiger partial charge in [0.05, 0.1) is 33.0 Å². The molecular formula is C26H33N3O6. The summed E-state index contributed by atoms with van der Waals surface area (Å²) in [6.07, 6.45) is -0.0101. The summed E-state index contributed by atoms with van der Waals surface area (Å²) in [6.45, 7) is 7.70. The summed E-state index contributed by atoms with van der Waals surface area (Å²) in [4.78, 5) is 26.5. The summed E-state index contributed by atoms with van der Waals surface area (Å²) in [5, 5.41) is 15.6. The molecular weight excluding hydrogens is 450 g/mol. The molecule has 9 heteroatoms. The van der Waals surface area contributed by atoms with Crippen molar-refractivity contribution >= 4 is 11.9 Å². The Morgan fingerprint density at radius 2 is 1.89 bits per heavy atom. The Hall–Kier alpha value is -3.16. The van der Waals surface area contributed by atoms with Gasteiger partial charge in [-0.05, 0) is 68.8 Å². The lowest BCUT2D eigenvalue weighted by Gasteiger charge is -2.26. The number of esters is 1. The van der Waals surface area contributed by atoms with Crippen LogP contribution in [0.2, 0.25) is 0 Å².